The third-order valence-electron chi connectivity index (χ3n) is 4.57. The highest BCUT2D eigenvalue weighted by atomic mass is 32.1. The van der Waals surface area contributed by atoms with Gasteiger partial charge in [0.1, 0.15) is 10.4 Å². The van der Waals surface area contributed by atoms with Crippen LogP contribution in [0.2, 0.25) is 0 Å². The van der Waals surface area contributed by atoms with Crippen LogP contribution in [0.3, 0.4) is 0 Å². The number of nitrogens with two attached hydrogens (primary N) is 1. The zero-order valence-corrected chi connectivity index (χ0v) is 14.0. The molecule has 1 unspecified atom stereocenters. The Morgan fingerprint density at radius 3 is 3.08 bits per heavy atom. The zero-order valence-electron chi connectivity index (χ0n) is 13.2. The molecule has 124 valence electrons. The molecule has 2 aromatic heterocycles. The van der Waals surface area contributed by atoms with Crippen molar-refractivity contribution in [1.29, 1.82) is 0 Å². The smallest absolute Gasteiger partial charge is 0.266 e. The Kier molecular flexibility index (Phi) is 3.88. The van der Waals surface area contributed by atoms with Gasteiger partial charge in [0.2, 0.25) is 0 Å². The highest BCUT2D eigenvalue weighted by Crippen LogP contribution is 2.33. The van der Waals surface area contributed by atoms with Gasteiger partial charge in [0.15, 0.2) is 0 Å². The maximum Gasteiger partial charge on any atom is 0.266 e. The van der Waals surface area contributed by atoms with Crippen molar-refractivity contribution in [3.05, 3.63) is 45.6 Å². The lowest BCUT2D eigenvalue weighted by molar-refractivity contribution is 0.372. The number of aromatic nitrogens is 1. The van der Waals surface area contributed by atoms with Gasteiger partial charge in [-0.25, -0.2) is 0 Å². The van der Waals surface area contributed by atoms with E-state index in [4.69, 9.17) is 5.73 Å². The number of pyridine rings is 1. The maximum absolute atomic E-state index is 12.1. The first-order chi connectivity index (χ1) is 11.6. The molecule has 1 atom stereocenters. The van der Waals surface area contributed by atoms with Crippen LogP contribution >= 0.6 is 11.3 Å². The number of nitrogens with zero attached hydrogens (tertiary/aromatic N) is 1. The van der Waals surface area contributed by atoms with Crippen LogP contribution in [0, 0.1) is 0 Å². The molecule has 1 aliphatic rings. The summed E-state index contributed by atoms with van der Waals surface area (Å²) < 4.78 is 0.688. The molecule has 0 saturated carbocycles. The van der Waals surface area contributed by atoms with Crippen molar-refractivity contribution in [1.82, 2.24) is 9.88 Å². The van der Waals surface area contributed by atoms with Gasteiger partial charge in [0, 0.05) is 47.5 Å². The second-order valence-electron chi connectivity index (χ2n) is 6.25. The molecule has 3 aromatic rings. The Balaban J connectivity index is 1.78. The molecule has 5 nitrogen and oxygen atoms in total. The lowest BCUT2D eigenvalue weighted by atomic mass is 10.0. The lowest BCUT2D eigenvalue weighted by Crippen LogP contribution is -2.26. The molecule has 0 bridgehead atoms. The van der Waals surface area contributed by atoms with Crippen LogP contribution < -0.4 is 11.3 Å². The third-order valence-corrected chi connectivity index (χ3v) is 5.48. The van der Waals surface area contributed by atoms with Gasteiger partial charge in [-0.2, -0.15) is 0 Å². The molecular weight excluding hydrogens is 322 g/mol. The number of phenols is 1. The Morgan fingerprint density at radius 1 is 1.42 bits per heavy atom. The molecule has 1 saturated heterocycles. The van der Waals surface area contributed by atoms with Gasteiger partial charge in [-0.15, -0.1) is 11.3 Å². The summed E-state index contributed by atoms with van der Waals surface area (Å²) >= 11 is 1.42. The molecule has 4 N–H and O–H groups in total. The summed E-state index contributed by atoms with van der Waals surface area (Å²) in [7, 11) is 0. The van der Waals surface area contributed by atoms with Crippen molar-refractivity contribution in [2.45, 2.75) is 12.5 Å². The summed E-state index contributed by atoms with van der Waals surface area (Å²) in [5.41, 5.74) is 7.34. The monoisotopic (exact) mass is 341 g/mol. The number of thiophene rings is 1. The maximum atomic E-state index is 12.1. The predicted octanol–water partition coefficient (Wildman–Crippen LogP) is 2.49. The lowest BCUT2D eigenvalue weighted by Gasteiger charge is -2.12. The fraction of sp³-hybridized carbons (Fsp3) is 0.278. The standard InChI is InChI=1S/C18H19N3O2S/c19-11-5-8-21(10-11)7-1-2-12-15(22)4-3-14-16(12)13-6-9-24-17(13)18(23)20-14/h1-4,6,9,11,22H,5,7-8,10,19H2,(H,20,23). The molecule has 4 rings (SSSR count). The van der Waals surface area contributed by atoms with E-state index >= 15 is 0 Å². The summed E-state index contributed by atoms with van der Waals surface area (Å²) in [5.74, 6) is 0.219. The van der Waals surface area contributed by atoms with Gasteiger partial charge in [0.25, 0.3) is 5.56 Å². The first kappa shape index (κ1) is 15.4. The summed E-state index contributed by atoms with van der Waals surface area (Å²) in [6.45, 7) is 2.72. The minimum Gasteiger partial charge on any atom is -0.507 e. The molecule has 3 heterocycles. The first-order valence-corrected chi connectivity index (χ1v) is 8.91. The summed E-state index contributed by atoms with van der Waals surface area (Å²) in [6, 6.07) is 5.58. The van der Waals surface area contributed by atoms with Crippen LogP contribution in [-0.2, 0) is 0 Å². The van der Waals surface area contributed by atoms with E-state index < -0.39 is 0 Å². The van der Waals surface area contributed by atoms with E-state index in [0.29, 0.717) is 4.70 Å². The van der Waals surface area contributed by atoms with Gasteiger partial charge >= 0.3 is 0 Å². The molecular formula is C18H19N3O2S. The quantitative estimate of drug-likeness (QED) is 0.683. The van der Waals surface area contributed by atoms with Gasteiger partial charge in [-0.3, -0.25) is 9.69 Å². The van der Waals surface area contributed by atoms with Crippen LogP contribution in [0.4, 0.5) is 0 Å². The number of aromatic hydroxyl groups is 1. The second kappa shape index (κ2) is 6.05. The van der Waals surface area contributed by atoms with E-state index in [1.54, 1.807) is 12.1 Å². The van der Waals surface area contributed by atoms with E-state index in [1.165, 1.54) is 11.3 Å². The van der Waals surface area contributed by atoms with Crippen molar-refractivity contribution in [3.63, 3.8) is 0 Å². The molecule has 1 aromatic carbocycles. The average molecular weight is 341 g/mol. The molecule has 1 aliphatic heterocycles. The van der Waals surface area contributed by atoms with Crippen molar-refractivity contribution >= 4 is 38.4 Å². The number of phenolic OH excluding ortho intramolecular Hbond substituents is 1. The molecule has 0 aliphatic carbocycles. The van der Waals surface area contributed by atoms with Gasteiger partial charge in [-0.1, -0.05) is 12.2 Å². The largest absolute Gasteiger partial charge is 0.507 e. The Hall–Kier alpha value is -2.15. The second-order valence-corrected chi connectivity index (χ2v) is 7.17. The van der Waals surface area contributed by atoms with Crippen molar-refractivity contribution < 1.29 is 5.11 Å². The number of aromatic amines is 1. The van der Waals surface area contributed by atoms with Crippen LogP contribution in [0.25, 0.3) is 27.1 Å². The molecule has 0 radical (unpaired) electrons. The van der Waals surface area contributed by atoms with Crippen LogP contribution in [-0.4, -0.2) is 40.7 Å². The molecule has 24 heavy (non-hydrogen) atoms. The summed E-state index contributed by atoms with van der Waals surface area (Å²) in [5, 5.41) is 14.0. The highest BCUT2D eigenvalue weighted by molar-refractivity contribution is 7.17. The molecule has 6 heteroatoms. The molecule has 0 amide bonds. The van der Waals surface area contributed by atoms with E-state index in [2.05, 4.69) is 16.0 Å². The average Bonchev–Trinajstić information content (AvgIpc) is 3.19. The number of likely N-dealkylation sites (tertiary alicyclic amines) is 1. The van der Waals surface area contributed by atoms with Crippen LogP contribution in [0.1, 0.15) is 12.0 Å². The van der Waals surface area contributed by atoms with E-state index in [1.807, 2.05) is 17.5 Å². The zero-order chi connectivity index (χ0) is 16.7. The number of H-pyrrole nitrogens is 1. The van der Waals surface area contributed by atoms with Gasteiger partial charge in [0.05, 0.1) is 0 Å². The van der Waals surface area contributed by atoms with E-state index in [0.717, 1.165) is 47.9 Å². The first-order valence-electron chi connectivity index (χ1n) is 8.03. The number of hydrogen-bond donors (Lipinski definition) is 3. The number of benzene rings is 1. The number of hydrogen-bond acceptors (Lipinski definition) is 5. The normalized spacial score (nSPS) is 19.1. The number of nitrogens with one attached hydrogen (secondary N) is 1. The Morgan fingerprint density at radius 2 is 2.29 bits per heavy atom. The van der Waals surface area contributed by atoms with E-state index in [-0.39, 0.29) is 17.4 Å². The summed E-state index contributed by atoms with van der Waals surface area (Å²) in [4.78, 5) is 17.3. The van der Waals surface area contributed by atoms with Gasteiger partial charge < -0.3 is 15.8 Å². The molecule has 1 fully saturated rings. The topological polar surface area (TPSA) is 82.3 Å². The van der Waals surface area contributed by atoms with E-state index in [9.17, 15) is 9.90 Å². The summed E-state index contributed by atoms with van der Waals surface area (Å²) in [6.07, 6.45) is 5.02. The van der Waals surface area contributed by atoms with Crippen molar-refractivity contribution in [3.8, 4) is 5.75 Å². The minimum absolute atomic E-state index is 0.0841. The Labute approximate surface area is 143 Å². The van der Waals surface area contributed by atoms with Crippen LogP contribution in [0.5, 0.6) is 5.75 Å². The van der Waals surface area contributed by atoms with Crippen molar-refractivity contribution in [2.75, 3.05) is 19.6 Å². The minimum atomic E-state index is -0.0841. The fourth-order valence-electron chi connectivity index (χ4n) is 3.38. The number of fused-ring (bicyclic) bond motifs is 3. The fourth-order valence-corrected chi connectivity index (χ4v) is 4.18. The number of rotatable bonds is 3. The van der Waals surface area contributed by atoms with Crippen molar-refractivity contribution in [2.24, 2.45) is 5.73 Å². The SMILES string of the molecule is NC1CCN(CC=Cc2c(O)ccc3[nH]c(=O)c4sccc4c23)C1. The third kappa shape index (κ3) is 2.62. The molecule has 0 spiro atoms. The van der Waals surface area contributed by atoms with Crippen LogP contribution in [0.15, 0.2) is 34.4 Å². The Bertz CT molecular complexity index is 989. The van der Waals surface area contributed by atoms with Gasteiger partial charge in [-0.05, 0) is 30.0 Å². The predicted molar refractivity (Wildman–Crippen MR) is 99.7 cm³/mol. The highest BCUT2D eigenvalue weighted by Gasteiger charge is 2.17.